The predicted molar refractivity (Wildman–Crippen MR) is 97.3 cm³/mol. The monoisotopic (exact) mass is 397 g/mol. The van der Waals surface area contributed by atoms with Crippen LogP contribution in [0.15, 0.2) is 24.3 Å². The summed E-state index contributed by atoms with van der Waals surface area (Å²) in [6.45, 7) is 0. The van der Waals surface area contributed by atoms with Crippen molar-refractivity contribution in [3.63, 3.8) is 0 Å². The molecule has 2 atom stereocenters. The highest BCUT2D eigenvalue weighted by atomic mass is 35.5. The highest BCUT2D eigenvalue weighted by Gasteiger charge is 2.45. The number of carbonyl (C=O) groups is 1. The van der Waals surface area contributed by atoms with Crippen molar-refractivity contribution in [2.45, 2.75) is 37.3 Å². The third-order valence-corrected chi connectivity index (χ3v) is 4.50. The Hall–Kier alpha value is -2.59. The lowest BCUT2D eigenvalue weighted by atomic mass is 9.87. The first kappa shape index (κ1) is 19.2. The van der Waals surface area contributed by atoms with Gasteiger partial charge in [0.05, 0.1) is 12.1 Å². The molecule has 6 N–H and O–H groups in total. The normalized spacial score (nSPS) is 21.5. The Kier molecular flexibility index (Phi) is 5.38. The number of hydrogen-bond donors (Lipinski definition) is 4. The maximum atomic E-state index is 13.8. The van der Waals surface area contributed by atoms with E-state index in [1.807, 2.05) is 0 Å². The Labute approximate surface area is 158 Å². The van der Waals surface area contributed by atoms with Gasteiger partial charge in [0.15, 0.2) is 11.5 Å². The molecule has 3 rings (SSSR count). The molecule has 1 aliphatic rings. The van der Waals surface area contributed by atoms with E-state index in [-0.39, 0.29) is 23.9 Å². The number of benzene rings is 1. The lowest BCUT2D eigenvalue weighted by Gasteiger charge is -2.35. The number of alkyl halides is 2. The molecule has 27 heavy (non-hydrogen) atoms. The van der Waals surface area contributed by atoms with Crippen LogP contribution >= 0.6 is 11.6 Å². The number of halogens is 3. The summed E-state index contributed by atoms with van der Waals surface area (Å²) in [6.07, 6.45) is 0.501. The van der Waals surface area contributed by atoms with Gasteiger partial charge in [0.25, 0.3) is 11.8 Å². The van der Waals surface area contributed by atoms with Gasteiger partial charge in [-0.3, -0.25) is 4.79 Å². The van der Waals surface area contributed by atoms with E-state index in [2.05, 4.69) is 25.8 Å². The molecule has 0 spiro atoms. The molecule has 1 amide bonds. The molecule has 0 aliphatic heterocycles. The Morgan fingerprint density at radius 1 is 1.33 bits per heavy atom. The number of anilines is 3. The van der Waals surface area contributed by atoms with Crippen molar-refractivity contribution in [3.05, 3.63) is 35.0 Å². The summed E-state index contributed by atoms with van der Waals surface area (Å²) in [5.41, 5.74) is 11.3. The first-order valence-corrected chi connectivity index (χ1v) is 8.61. The number of aromatic nitrogens is 3. The summed E-state index contributed by atoms with van der Waals surface area (Å²) < 4.78 is 27.6. The average molecular weight is 398 g/mol. The molecular formula is C16H18ClF2N7O. The van der Waals surface area contributed by atoms with Crippen LogP contribution in [0.1, 0.15) is 29.8 Å². The first-order chi connectivity index (χ1) is 12.8. The fourth-order valence-corrected chi connectivity index (χ4v) is 3.06. The Morgan fingerprint density at radius 2 is 2.11 bits per heavy atom. The fraction of sp³-hybridized carbons (Fsp3) is 0.375. The SMILES string of the molecule is NC(=O)c1nnc(N[C@@H]2CCCC(F)(F)[C@@H]2N)nc1Nc1cccc(Cl)c1. The summed E-state index contributed by atoms with van der Waals surface area (Å²) in [5, 5.41) is 13.6. The van der Waals surface area contributed by atoms with E-state index in [1.54, 1.807) is 24.3 Å². The van der Waals surface area contributed by atoms with Crippen molar-refractivity contribution in [1.82, 2.24) is 15.2 Å². The van der Waals surface area contributed by atoms with Crippen molar-refractivity contribution in [3.8, 4) is 0 Å². The lowest BCUT2D eigenvalue weighted by Crippen LogP contribution is -2.55. The van der Waals surface area contributed by atoms with Crippen LogP contribution in [0.25, 0.3) is 0 Å². The van der Waals surface area contributed by atoms with E-state index < -0.39 is 23.9 Å². The van der Waals surface area contributed by atoms with E-state index >= 15 is 0 Å². The molecule has 1 aromatic carbocycles. The zero-order chi connectivity index (χ0) is 19.6. The van der Waals surface area contributed by atoms with Crippen LogP contribution < -0.4 is 22.1 Å². The highest BCUT2D eigenvalue weighted by molar-refractivity contribution is 6.30. The summed E-state index contributed by atoms with van der Waals surface area (Å²) in [6, 6.07) is 4.58. The Bertz CT molecular complexity index is 851. The smallest absolute Gasteiger partial charge is 0.273 e. The molecule has 1 heterocycles. The molecule has 0 bridgehead atoms. The number of hydrogen-bond acceptors (Lipinski definition) is 7. The minimum atomic E-state index is -2.97. The van der Waals surface area contributed by atoms with Crippen molar-refractivity contribution in [2.24, 2.45) is 11.5 Å². The minimum Gasteiger partial charge on any atom is -0.364 e. The summed E-state index contributed by atoms with van der Waals surface area (Å²) in [5.74, 6) is -3.83. The number of nitrogens with one attached hydrogen (secondary N) is 2. The topological polar surface area (TPSA) is 132 Å². The van der Waals surface area contributed by atoms with Crippen molar-refractivity contribution in [1.29, 1.82) is 0 Å². The van der Waals surface area contributed by atoms with Gasteiger partial charge in [-0.1, -0.05) is 17.7 Å². The highest BCUT2D eigenvalue weighted by Crippen LogP contribution is 2.33. The molecule has 1 saturated carbocycles. The molecule has 11 heteroatoms. The molecular weight excluding hydrogens is 380 g/mol. The van der Waals surface area contributed by atoms with Crippen molar-refractivity contribution in [2.75, 3.05) is 10.6 Å². The van der Waals surface area contributed by atoms with E-state index in [0.717, 1.165) is 0 Å². The van der Waals surface area contributed by atoms with Gasteiger partial charge in [0.1, 0.15) is 0 Å². The number of nitrogens with two attached hydrogens (primary N) is 2. The molecule has 144 valence electrons. The third kappa shape index (κ3) is 4.40. The van der Waals surface area contributed by atoms with E-state index in [9.17, 15) is 13.6 Å². The lowest BCUT2D eigenvalue weighted by molar-refractivity contribution is -0.0555. The maximum Gasteiger partial charge on any atom is 0.273 e. The first-order valence-electron chi connectivity index (χ1n) is 8.23. The second-order valence-corrected chi connectivity index (χ2v) is 6.70. The number of primary amides is 1. The largest absolute Gasteiger partial charge is 0.364 e. The molecule has 0 unspecified atom stereocenters. The molecule has 8 nitrogen and oxygen atoms in total. The second-order valence-electron chi connectivity index (χ2n) is 6.26. The van der Waals surface area contributed by atoms with Gasteiger partial charge in [0.2, 0.25) is 5.95 Å². The van der Waals surface area contributed by atoms with Crippen molar-refractivity contribution < 1.29 is 13.6 Å². The van der Waals surface area contributed by atoms with Gasteiger partial charge in [-0.2, -0.15) is 4.98 Å². The summed E-state index contributed by atoms with van der Waals surface area (Å²) in [7, 11) is 0. The second kappa shape index (κ2) is 7.57. The maximum absolute atomic E-state index is 13.8. The number of rotatable bonds is 5. The van der Waals surface area contributed by atoms with Gasteiger partial charge in [0, 0.05) is 17.1 Å². The molecule has 1 aliphatic carbocycles. The number of carbonyl (C=O) groups excluding carboxylic acids is 1. The van der Waals surface area contributed by atoms with E-state index in [4.69, 9.17) is 23.1 Å². The van der Waals surface area contributed by atoms with Crippen LogP contribution in [0.2, 0.25) is 5.02 Å². The van der Waals surface area contributed by atoms with E-state index in [1.165, 1.54) is 0 Å². The van der Waals surface area contributed by atoms with Gasteiger partial charge in [-0.05, 0) is 31.0 Å². The standard InChI is InChI=1S/C16H18ClF2N7O/c17-8-3-1-4-9(7-8)22-14-11(13(21)27)25-26-15(24-14)23-10-5-2-6-16(18,19)12(10)20/h1,3-4,7,10,12H,2,5-6,20H2,(H2,21,27)(H2,22,23,24,26)/t10-,12-/m1/s1. The molecule has 0 radical (unpaired) electrons. The number of nitrogens with zero attached hydrogens (tertiary/aromatic N) is 3. The van der Waals surface area contributed by atoms with Crippen LogP contribution in [0.5, 0.6) is 0 Å². The molecule has 0 saturated heterocycles. The van der Waals surface area contributed by atoms with Crippen LogP contribution in [0, 0.1) is 0 Å². The van der Waals surface area contributed by atoms with Crippen LogP contribution in [-0.4, -0.2) is 39.1 Å². The van der Waals surface area contributed by atoms with Crippen LogP contribution in [0.3, 0.4) is 0 Å². The fourth-order valence-electron chi connectivity index (χ4n) is 2.87. The quantitative estimate of drug-likeness (QED) is 0.608. The summed E-state index contributed by atoms with van der Waals surface area (Å²) >= 11 is 5.94. The number of amides is 1. The zero-order valence-electron chi connectivity index (χ0n) is 14.1. The van der Waals surface area contributed by atoms with E-state index in [0.29, 0.717) is 23.6 Å². The Morgan fingerprint density at radius 3 is 2.81 bits per heavy atom. The van der Waals surface area contributed by atoms with Crippen LogP contribution in [-0.2, 0) is 0 Å². The third-order valence-electron chi connectivity index (χ3n) is 4.27. The molecule has 1 aromatic heterocycles. The van der Waals surface area contributed by atoms with Crippen LogP contribution in [0.4, 0.5) is 26.2 Å². The van der Waals surface area contributed by atoms with Gasteiger partial charge >= 0.3 is 0 Å². The average Bonchev–Trinajstić information content (AvgIpc) is 2.59. The molecule has 1 fully saturated rings. The van der Waals surface area contributed by atoms with Gasteiger partial charge in [-0.15, -0.1) is 10.2 Å². The zero-order valence-corrected chi connectivity index (χ0v) is 14.9. The predicted octanol–water partition coefficient (Wildman–Crippen LogP) is 2.29. The molecule has 2 aromatic rings. The van der Waals surface area contributed by atoms with Gasteiger partial charge < -0.3 is 22.1 Å². The van der Waals surface area contributed by atoms with Crippen molar-refractivity contribution >= 4 is 35.0 Å². The summed E-state index contributed by atoms with van der Waals surface area (Å²) in [4.78, 5) is 15.7. The minimum absolute atomic E-state index is 0.0263. The van der Waals surface area contributed by atoms with Gasteiger partial charge in [-0.25, -0.2) is 8.78 Å². The Balaban J connectivity index is 1.86.